The zero-order valence-corrected chi connectivity index (χ0v) is 7.40. The van der Waals surface area contributed by atoms with Crippen LogP contribution in [-0.4, -0.2) is 12.8 Å². The third-order valence-electron chi connectivity index (χ3n) is 1.45. The Morgan fingerprint density at radius 1 is 1.45 bits per heavy atom. The van der Waals surface area contributed by atoms with Crippen molar-refractivity contribution in [2.75, 3.05) is 6.67 Å². The smallest absolute Gasteiger partial charge is 0.116 e. The molecule has 2 heteroatoms. The average Bonchev–Trinajstić information content (AvgIpc) is 1.85. The van der Waals surface area contributed by atoms with E-state index in [4.69, 9.17) is 0 Å². The molecular weight excluding hydrogens is 146 g/mol. The molecular formula is C9H16F2. The number of rotatable bonds is 4. The van der Waals surface area contributed by atoms with Crippen LogP contribution in [0.15, 0.2) is 11.6 Å². The lowest BCUT2D eigenvalue weighted by molar-refractivity contribution is 0.377. The molecule has 11 heavy (non-hydrogen) atoms. The molecule has 0 aliphatic rings. The van der Waals surface area contributed by atoms with E-state index in [2.05, 4.69) is 0 Å². The standard InChI is InChI=1S/C9H16F2/c1-7(5-9(3)11)4-8(2)6-10/h5,8-9H,4,6H2,1-3H3/b7-5-. The van der Waals surface area contributed by atoms with Gasteiger partial charge in [0, 0.05) is 0 Å². The van der Waals surface area contributed by atoms with Crippen molar-refractivity contribution in [2.45, 2.75) is 33.4 Å². The molecule has 66 valence electrons. The highest BCUT2D eigenvalue weighted by molar-refractivity contribution is 5.01. The van der Waals surface area contributed by atoms with Gasteiger partial charge in [0.15, 0.2) is 0 Å². The number of hydrogen-bond donors (Lipinski definition) is 0. The Bertz CT molecular complexity index is 128. The van der Waals surface area contributed by atoms with Gasteiger partial charge in [0.2, 0.25) is 0 Å². The maximum Gasteiger partial charge on any atom is 0.116 e. The van der Waals surface area contributed by atoms with Crippen LogP contribution < -0.4 is 0 Å². The van der Waals surface area contributed by atoms with Gasteiger partial charge in [0.1, 0.15) is 6.17 Å². The number of alkyl halides is 2. The molecule has 2 atom stereocenters. The zero-order chi connectivity index (χ0) is 8.85. The van der Waals surface area contributed by atoms with Gasteiger partial charge in [-0.3, -0.25) is 4.39 Å². The number of halogens is 2. The average molecular weight is 162 g/mol. The Hall–Kier alpha value is -0.400. The fraction of sp³-hybridized carbons (Fsp3) is 0.778. The van der Waals surface area contributed by atoms with Gasteiger partial charge in [-0.25, -0.2) is 4.39 Å². The van der Waals surface area contributed by atoms with Crippen LogP contribution in [0, 0.1) is 5.92 Å². The van der Waals surface area contributed by atoms with E-state index in [1.54, 1.807) is 0 Å². The summed E-state index contributed by atoms with van der Waals surface area (Å²) >= 11 is 0. The van der Waals surface area contributed by atoms with Crippen molar-refractivity contribution in [3.8, 4) is 0 Å². The Kier molecular flexibility index (Phi) is 5.08. The van der Waals surface area contributed by atoms with Crippen molar-refractivity contribution in [3.05, 3.63) is 11.6 Å². The van der Waals surface area contributed by atoms with E-state index in [1.165, 1.54) is 13.0 Å². The lowest BCUT2D eigenvalue weighted by Crippen LogP contribution is -1.98. The normalized spacial score (nSPS) is 18.1. The van der Waals surface area contributed by atoms with Crippen LogP contribution >= 0.6 is 0 Å². The molecule has 0 aliphatic heterocycles. The van der Waals surface area contributed by atoms with Crippen molar-refractivity contribution in [3.63, 3.8) is 0 Å². The summed E-state index contributed by atoms with van der Waals surface area (Å²) in [5, 5.41) is 0. The molecule has 0 aromatic rings. The second kappa shape index (κ2) is 5.28. The van der Waals surface area contributed by atoms with Gasteiger partial charge in [-0.1, -0.05) is 18.6 Å². The van der Waals surface area contributed by atoms with Crippen molar-refractivity contribution in [1.29, 1.82) is 0 Å². The monoisotopic (exact) mass is 162 g/mol. The van der Waals surface area contributed by atoms with Gasteiger partial charge in [-0.2, -0.15) is 0 Å². The molecule has 0 aliphatic carbocycles. The highest BCUT2D eigenvalue weighted by atomic mass is 19.1. The molecule has 0 bridgehead atoms. The van der Waals surface area contributed by atoms with E-state index in [9.17, 15) is 8.78 Å². The van der Waals surface area contributed by atoms with Crippen LogP contribution in [0.1, 0.15) is 27.2 Å². The molecule has 0 aromatic carbocycles. The van der Waals surface area contributed by atoms with Crippen LogP contribution in [-0.2, 0) is 0 Å². The molecule has 0 fully saturated rings. The van der Waals surface area contributed by atoms with E-state index >= 15 is 0 Å². The zero-order valence-electron chi connectivity index (χ0n) is 7.40. The summed E-state index contributed by atoms with van der Waals surface area (Å²) in [4.78, 5) is 0. The summed E-state index contributed by atoms with van der Waals surface area (Å²) in [5.74, 6) is 0.0185. The van der Waals surface area contributed by atoms with Crippen molar-refractivity contribution >= 4 is 0 Å². The number of allylic oxidation sites excluding steroid dienone is 2. The second-order valence-corrected chi connectivity index (χ2v) is 3.15. The molecule has 0 aromatic heterocycles. The Labute approximate surface area is 67.3 Å². The lowest BCUT2D eigenvalue weighted by Gasteiger charge is -2.06. The molecule has 2 unspecified atom stereocenters. The first kappa shape index (κ1) is 10.6. The Morgan fingerprint density at radius 3 is 2.36 bits per heavy atom. The molecule has 0 saturated carbocycles. The maximum absolute atomic E-state index is 12.3. The first-order chi connectivity index (χ1) is 5.06. The lowest BCUT2D eigenvalue weighted by atomic mass is 10.0. The van der Waals surface area contributed by atoms with Crippen molar-refractivity contribution < 1.29 is 8.78 Å². The van der Waals surface area contributed by atoms with Crippen molar-refractivity contribution in [2.24, 2.45) is 5.92 Å². The first-order valence-corrected chi connectivity index (χ1v) is 3.93. The van der Waals surface area contributed by atoms with Gasteiger partial charge < -0.3 is 0 Å². The molecule has 0 N–H and O–H groups in total. The third-order valence-corrected chi connectivity index (χ3v) is 1.45. The summed E-state index contributed by atoms with van der Waals surface area (Å²) in [6.07, 6.45) is 1.28. The molecule has 0 radical (unpaired) electrons. The van der Waals surface area contributed by atoms with E-state index in [-0.39, 0.29) is 12.6 Å². The molecule has 0 spiro atoms. The summed E-state index contributed by atoms with van der Waals surface area (Å²) in [6.45, 7) is 4.80. The van der Waals surface area contributed by atoms with Crippen molar-refractivity contribution in [1.82, 2.24) is 0 Å². The Balaban J connectivity index is 3.76. The minimum atomic E-state index is -0.915. The van der Waals surface area contributed by atoms with E-state index in [0.29, 0.717) is 6.42 Å². The first-order valence-electron chi connectivity index (χ1n) is 3.93. The van der Waals surface area contributed by atoms with Gasteiger partial charge >= 0.3 is 0 Å². The van der Waals surface area contributed by atoms with E-state index in [0.717, 1.165) is 5.57 Å². The molecule has 0 nitrogen and oxygen atoms in total. The highest BCUT2D eigenvalue weighted by Crippen LogP contribution is 2.12. The molecule has 0 saturated heterocycles. The molecule has 0 heterocycles. The van der Waals surface area contributed by atoms with Crippen LogP contribution in [0.3, 0.4) is 0 Å². The SMILES string of the molecule is C/C(=C/C(C)F)CC(C)CF. The summed E-state index contributed by atoms with van der Waals surface area (Å²) in [5.41, 5.74) is 0.935. The van der Waals surface area contributed by atoms with E-state index < -0.39 is 6.17 Å². The largest absolute Gasteiger partial charge is 0.251 e. The predicted octanol–water partition coefficient (Wildman–Crippen LogP) is 3.29. The van der Waals surface area contributed by atoms with Gasteiger partial charge in [0.25, 0.3) is 0 Å². The minimum absolute atomic E-state index is 0.0185. The second-order valence-electron chi connectivity index (χ2n) is 3.15. The van der Waals surface area contributed by atoms with Crippen LogP contribution in [0.5, 0.6) is 0 Å². The highest BCUT2D eigenvalue weighted by Gasteiger charge is 2.02. The van der Waals surface area contributed by atoms with Gasteiger partial charge in [-0.15, -0.1) is 0 Å². The van der Waals surface area contributed by atoms with Crippen LogP contribution in [0.2, 0.25) is 0 Å². The summed E-state index contributed by atoms with van der Waals surface area (Å²) in [6, 6.07) is 0. The summed E-state index contributed by atoms with van der Waals surface area (Å²) in [7, 11) is 0. The summed E-state index contributed by atoms with van der Waals surface area (Å²) < 4.78 is 24.3. The van der Waals surface area contributed by atoms with E-state index in [1.807, 2.05) is 13.8 Å². The Morgan fingerprint density at radius 2 is 2.00 bits per heavy atom. The topological polar surface area (TPSA) is 0 Å². The third kappa shape index (κ3) is 6.02. The quantitative estimate of drug-likeness (QED) is 0.556. The van der Waals surface area contributed by atoms with Crippen LogP contribution in [0.4, 0.5) is 8.78 Å². The predicted molar refractivity (Wildman–Crippen MR) is 44.1 cm³/mol. The fourth-order valence-electron chi connectivity index (χ4n) is 1.06. The van der Waals surface area contributed by atoms with Crippen LogP contribution in [0.25, 0.3) is 0 Å². The number of hydrogen-bond acceptors (Lipinski definition) is 0. The van der Waals surface area contributed by atoms with Gasteiger partial charge in [-0.05, 0) is 26.2 Å². The fourth-order valence-corrected chi connectivity index (χ4v) is 1.06. The molecule has 0 rings (SSSR count). The molecule has 0 amide bonds. The maximum atomic E-state index is 12.3. The van der Waals surface area contributed by atoms with Gasteiger partial charge in [0.05, 0.1) is 6.67 Å². The minimum Gasteiger partial charge on any atom is -0.251 e.